The summed E-state index contributed by atoms with van der Waals surface area (Å²) in [7, 11) is 0. The van der Waals surface area contributed by atoms with Crippen LogP contribution in [-0.2, 0) is 4.74 Å². The Balaban J connectivity index is 2.46. The highest BCUT2D eigenvalue weighted by atomic mass is 16.5. The van der Waals surface area contributed by atoms with E-state index in [-0.39, 0.29) is 23.5 Å². The Labute approximate surface area is 118 Å². The van der Waals surface area contributed by atoms with Crippen LogP contribution in [0.5, 0.6) is 0 Å². The molecular weight excluding hydrogens is 240 g/mol. The van der Waals surface area contributed by atoms with E-state index in [0.29, 0.717) is 18.9 Å². The summed E-state index contributed by atoms with van der Waals surface area (Å²) in [6, 6.07) is 0. The van der Waals surface area contributed by atoms with Gasteiger partial charge >= 0.3 is 0 Å². The first-order valence-electron chi connectivity index (χ1n) is 7.68. The van der Waals surface area contributed by atoms with Gasteiger partial charge in [-0.2, -0.15) is 0 Å². The fraction of sp³-hybridized carbons (Fsp3) is 1.00. The van der Waals surface area contributed by atoms with Gasteiger partial charge in [0.15, 0.2) is 0 Å². The van der Waals surface area contributed by atoms with Gasteiger partial charge in [-0.25, -0.2) is 0 Å². The van der Waals surface area contributed by atoms with Gasteiger partial charge in [-0.3, -0.25) is 0 Å². The highest BCUT2D eigenvalue weighted by molar-refractivity contribution is 4.86. The molecule has 1 saturated carbocycles. The molecule has 1 aliphatic carbocycles. The molecule has 0 aromatic rings. The molecule has 0 spiro atoms. The number of rotatable bonds is 5. The van der Waals surface area contributed by atoms with E-state index in [1.807, 2.05) is 13.8 Å². The highest BCUT2D eigenvalue weighted by Gasteiger charge is 2.35. The van der Waals surface area contributed by atoms with Gasteiger partial charge in [0.25, 0.3) is 0 Å². The van der Waals surface area contributed by atoms with E-state index in [2.05, 4.69) is 20.8 Å². The summed E-state index contributed by atoms with van der Waals surface area (Å²) in [4.78, 5) is 0. The van der Waals surface area contributed by atoms with Crippen molar-refractivity contribution < 1.29 is 14.9 Å². The molecule has 3 nitrogen and oxygen atoms in total. The van der Waals surface area contributed by atoms with Crippen LogP contribution >= 0.6 is 0 Å². The Bertz CT molecular complexity index is 257. The standard InChI is InChI=1S/C16H32O3/c1-11(2)19-10-14(17)9-12-8-13(16(3,4)5)6-7-15(12)18/h11-15,17-18H,6-10H2,1-5H3. The van der Waals surface area contributed by atoms with Crippen molar-refractivity contribution in [2.45, 2.75) is 78.6 Å². The van der Waals surface area contributed by atoms with Crippen LogP contribution in [0.3, 0.4) is 0 Å². The summed E-state index contributed by atoms with van der Waals surface area (Å²) in [6.07, 6.45) is 3.06. The first-order valence-corrected chi connectivity index (χ1v) is 7.68. The summed E-state index contributed by atoms with van der Waals surface area (Å²) < 4.78 is 5.44. The molecule has 0 amide bonds. The van der Waals surface area contributed by atoms with Crippen molar-refractivity contribution in [1.29, 1.82) is 0 Å². The average molecular weight is 272 g/mol. The maximum Gasteiger partial charge on any atom is 0.0777 e. The predicted octanol–water partition coefficient (Wildman–Crippen LogP) is 2.99. The number of ether oxygens (including phenoxy) is 1. The second kappa shape index (κ2) is 7.05. The molecule has 0 saturated heterocycles. The molecule has 0 bridgehead atoms. The zero-order chi connectivity index (χ0) is 14.6. The van der Waals surface area contributed by atoms with E-state index in [4.69, 9.17) is 4.74 Å². The van der Waals surface area contributed by atoms with Crippen molar-refractivity contribution >= 4 is 0 Å². The van der Waals surface area contributed by atoms with Crippen molar-refractivity contribution in [2.24, 2.45) is 17.3 Å². The molecule has 4 atom stereocenters. The van der Waals surface area contributed by atoms with Gasteiger partial charge in [0.2, 0.25) is 0 Å². The number of aliphatic hydroxyl groups excluding tert-OH is 2. The van der Waals surface area contributed by atoms with Gasteiger partial charge in [0.1, 0.15) is 0 Å². The maximum absolute atomic E-state index is 10.1. The zero-order valence-electron chi connectivity index (χ0n) is 13.2. The largest absolute Gasteiger partial charge is 0.393 e. The molecule has 1 rings (SSSR count). The monoisotopic (exact) mass is 272 g/mol. The van der Waals surface area contributed by atoms with Crippen LogP contribution in [0, 0.1) is 17.3 Å². The lowest BCUT2D eigenvalue weighted by molar-refractivity contribution is -0.0368. The molecule has 4 unspecified atom stereocenters. The predicted molar refractivity (Wildman–Crippen MR) is 78.0 cm³/mol. The molecule has 1 aliphatic rings. The van der Waals surface area contributed by atoms with Gasteiger partial charge in [-0.05, 0) is 56.8 Å². The minimum atomic E-state index is -0.458. The summed E-state index contributed by atoms with van der Waals surface area (Å²) in [6.45, 7) is 11.1. The van der Waals surface area contributed by atoms with Crippen LogP contribution in [0.2, 0.25) is 0 Å². The van der Waals surface area contributed by atoms with Crippen molar-refractivity contribution in [3.05, 3.63) is 0 Å². The molecule has 0 heterocycles. The van der Waals surface area contributed by atoms with Crippen LogP contribution in [0.1, 0.15) is 60.3 Å². The van der Waals surface area contributed by atoms with E-state index < -0.39 is 6.10 Å². The second-order valence-corrected chi connectivity index (χ2v) is 7.48. The van der Waals surface area contributed by atoms with Crippen molar-refractivity contribution in [3.63, 3.8) is 0 Å². The molecule has 1 fully saturated rings. The molecule has 114 valence electrons. The van der Waals surface area contributed by atoms with Crippen LogP contribution in [-0.4, -0.2) is 35.1 Å². The first-order chi connectivity index (χ1) is 8.70. The lowest BCUT2D eigenvalue weighted by atomic mass is 9.67. The number of hydrogen-bond donors (Lipinski definition) is 2. The van der Waals surface area contributed by atoms with Crippen molar-refractivity contribution in [2.75, 3.05) is 6.61 Å². The molecule has 0 aliphatic heterocycles. The SMILES string of the molecule is CC(C)OCC(O)CC1CC(C(C)(C)C)CCC1O. The summed E-state index contributed by atoms with van der Waals surface area (Å²) >= 11 is 0. The van der Waals surface area contributed by atoms with E-state index in [1.54, 1.807) is 0 Å². The smallest absolute Gasteiger partial charge is 0.0777 e. The highest BCUT2D eigenvalue weighted by Crippen LogP contribution is 2.41. The fourth-order valence-corrected chi connectivity index (χ4v) is 3.01. The fourth-order valence-electron chi connectivity index (χ4n) is 3.01. The minimum absolute atomic E-state index is 0.147. The normalized spacial score (nSPS) is 30.6. The zero-order valence-corrected chi connectivity index (χ0v) is 13.2. The second-order valence-electron chi connectivity index (χ2n) is 7.48. The topological polar surface area (TPSA) is 49.7 Å². The lowest BCUT2D eigenvalue weighted by Crippen LogP contribution is -2.37. The molecule has 19 heavy (non-hydrogen) atoms. The average Bonchev–Trinajstić information content (AvgIpc) is 2.28. The van der Waals surface area contributed by atoms with Gasteiger partial charge in [-0.1, -0.05) is 20.8 Å². The molecule has 2 N–H and O–H groups in total. The minimum Gasteiger partial charge on any atom is -0.393 e. The quantitative estimate of drug-likeness (QED) is 0.809. The van der Waals surface area contributed by atoms with Crippen LogP contribution in [0.15, 0.2) is 0 Å². The van der Waals surface area contributed by atoms with Gasteiger partial charge in [0, 0.05) is 0 Å². The third-order valence-electron chi connectivity index (χ3n) is 4.36. The Hall–Kier alpha value is -0.120. The van der Waals surface area contributed by atoms with Gasteiger partial charge < -0.3 is 14.9 Å². The first kappa shape index (κ1) is 16.9. The third-order valence-corrected chi connectivity index (χ3v) is 4.36. The number of aliphatic hydroxyl groups is 2. The van der Waals surface area contributed by atoms with Crippen LogP contribution < -0.4 is 0 Å². The summed E-state index contributed by atoms with van der Waals surface area (Å²) in [5, 5.41) is 20.1. The molecule has 3 heteroatoms. The Morgan fingerprint density at radius 3 is 2.37 bits per heavy atom. The van der Waals surface area contributed by atoms with E-state index in [0.717, 1.165) is 19.3 Å². The molecular formula is C16H32O3. The molecule has 0 radical (unpaired) electrons. The Kier molecular flexibility index (Phi) is 6.28. The summed E-state index contributed by atoms with van der Waals surface area (Å²) in [5.74, 6) is 0.850. The van der Waals surface area contributed by atoms with Gasteiger partial charge in [0.05, 0.1) is 24.9 Å². The Morgan fingerprint density at radius 2 is 1.84 bits per heavy atom. The van der Waals surface area contributed by atoms with Crippen LogP contribution in [0.4, 0.5) is 0 Å². The Morgan fingerprint density at radius 1 is 1.21 bits per heavy atom. The molecule has 0 aromatic heterocycles. The summed E-state index contributed by atoms with van der Waals surface area (Å²) in [5.41, 5.74) is 0.289. The van der Waals surface area contributed by atoms with Crippen molar-refractivity contribution in [3.8, 4) is 0 Å². The molecule has 0 aromatic carbocycles. The van der Waals surface area contributed by atoms with Gasteiger partial charge in [-0.15, -0.1) is 0 Å². The van der Waals surface area contributed by atoms with Crippen LogP contribution in [0.25, 0.3) is 0 Å². The van der Waals surface area contributed by atoms with Crippen molar-refractivity contribution in [1.82, 2.24) is 0 Å². The third kappa shape index (κ3) is 5.80. The van der Waals surface area contributed by atoms with E-state index in [9.17, 15) is 10.2 Å². The number of hydrogen-bond acceptors (Lipinski definition) is 3. The lowest BCUT2D eigenvalue weighted by Gasteiger charge is -2.40. The van der Waals surface area contributed by atoms with E-state index >= 15 is 0 Å². The van der Waals surface area contributed by atoms with E-state index in [1.165, 1.54) is 0 Å². The maximum atomic E-state index is 10.1.